The van der Waals surface area contributed by atoms with Crippen LogP contribution in [0.15, 0.2) is 58.5 Å². The highest BCUT2D eigenvalue weighted by atomic mass is 32.2. The van der Waals surface area contributed by atoms with E-state index >= 15 is 0 Å². The number of hydrogen-bond donors (Lipinski definition) is 3. The highest BCUT2D eigenvalue weighted by Crippen LogP contribution is 2.12. The number of nitrogens with one attached hydrogen (secondary N) is 1. The van der Waals surface area contributed by atoms with Gasteiger partial charge in [-0.25, -0.2) is 18.4 Å². The van der Waals surface area contributed by atoms with Gasteiger partial charge in [0, 0.05) is 0 Å². The molecule has 2 aromatic carbocycles. The zero-order valence-electron chi connectivity index (χ0n) is 11.3. The van der Waals surface area contributed by atoms with E-state index in [4.69, 9.17) is 10.2 Å². The molecule has 0 spiro atoms. The van der Waals surface area contributed by atoms with Gasteiger partial charge in [-0.05, 0) is 42.0 Å². The van der Waals surface area contributed by atoms with Crippen LogP contribution in [0.3, 0.4) is 0 Å². The molecule has 0 atom stereocenters. The maximum Gasteiger partial charge on any atom is 0.335 e. The van der Waals surface area contributed by atoms with Crippen molar-refractivity contribution >= 4 is 27.9 Å². The molecular weight excluding hydrogens is 306 g/mol. The fraction of sp³-hybridized carbons (Fsp3) is 0. The molecule has 0 aromatic heterocycles. The first-order chi connectivity index (χ1) is 10.4. The lowest BCUT2D eigenvalue weighted by Gasteiger charge is -2.02. The number of nitrogens with zero attached hydrogens (tertiary/aromatic N) is 1. The molecule has 4 N–H and O–H groups in total. The minimum absolute atomic E-state index is 0.0197. The van der Waals surface area contributed by atoms with Crippen LogP contribution < -0.4 is 10.6 Å². The van der Waals surface area contributed by atoms with Gasteiger partial charge in [0.05, 0.1) is 22.4 Å². The van der Waals surface area contributed by atoms with Gasteiger partial charge >= 0.3 is 5.97 Å². The molecule has 22 heavy (non-hydrogen) atoms. The number of carbonyl (C=O) groups is 1. The van der Waals surface area contributed by atoms with Crippen molar-refractivity contribution in [2.45, 2.75) is 4.90 Å². The predicted octanol–water partition coefficient (Wildman–Crippen LogP) is 1.48. The molecule has 0 bridgehead atoms. The van der Waals surface area contributed by atoms with Crippen molar-refractivity contribution in [2.75, 3.05) is 5.43 Å². The van der Waals surface area contributed by atoms with Gasteiger partial charge in [0.25, 0.3) is 0 Å². The van der Waals surface area contributed by atoms with Crippen LogP contribution in [0, 0.1) is 0 Å². The summed E-state index contributed by atoms with van der Waals surface area (Å²) in [5.74, 6) is -0.989. The number of nitrogens with two attached hydrogens (primary N) is 1. The lowest BCUT2D eigenvalue weighted by molar-refractivity contribution is 0.0697. The van der Waals surface area contributed by atoms with Crippen LogP contribution in [0.2, 0.25) is 0 Å². The highest BCUT2D eigenvalue weighted by Gasteiger charge is 2.06. The lowest BCUT2D eigenvalue weighted by atomic mass is 10.1. The van der Waals surface area contributed by atoms with Crippen molar-refractivity contribution in [3.05, 3.63) is 59.7 Å². The van der Waals surface area contributed by atoms with Crippen LogP contribution in [0.5, 0.6) is 0 Å². The Morgan fingerprint density at radius 2 is 1.68 bits per heavy atom. The monoisotopic (exact) mass is 319 g/mol. The van der Waals surface area contributed by atoms with Crippen LogP contribution in [0.1, 0.15) is 15.9 Å². The van der Waals surface area contributed by atoms with Gasteiger partial charge in [-0.15, -0.1) is 0 Å². The summed E-state index contributed by atoms with van der Waals surface area (Å²) in [6.45, 7) is 0. The Labute approximate surface area is 127 Å². The molecule has 0 saturated heterocycles. The summed E-state index contributed by atoms with van der Waals surface area (Å²) in [7, 11) is -3.71. The Morgan fingerprint density at radius 3 is 2.18 bits per heavy atom. The number of carboxylic acids is 1. The van der Waals surface area contributed by atoms with Gasteiger partial charge in [-0.1, -0.05) is 12.1 Å². The van der Waals surface area contributed by atoms with E-state index in [0.29, 0.717) is 5.69 Å². The van der Waals surface area contributed by atoms with E-state index in [0.717, 1.165) is 5.56 Å². The second kappa shape index (κ2) is 6.37. The van der Waals surface area contributed by atoms with E-state index in [-0.39, 0.29) is 10.5 Å². The molecule has 0 saturated carbocycles. The van der Waals surface area contributed by atoms with Crippen LogP contribution in [-0.4, -0.2) is 25.7 Å². The third kappa shape index (κ3) is 4.14. The number of anilines is 1. The summed E-state index contributed by atoms with van der Waals surface area (Å²) in [4.78, 5) is 10.7. The smallest absolute Gasteiger partial charge is 0.335 e. The maximum atomic E-state index is 11.1. The van der Waals surface area contributed by atoms with Crippen LogP contribution in [-0.2, 0) is 10.0 Å². The topological polar surface area (TPSA) is 122 Å². The standard InChI is InChI=1S/C14H13N3O4S/c15-22(20,21)13-7-5-12(6-8-13)17-16-9-10-1-3-11(4-2-10)14(18)19/h1-9,17H,(H,18,19)(H2,15,20,21)/b16-9-. The van der Waals surface area contributed by atoms with Crippen molar-refractivity contribution in [1.29, 1.82) is 0 Å². The quantitative estimate of drug-likeness (QED) is 0.569. The van der Waals surface area contributed by atoms with E-state index in [1.54, 1.807) is 12.1 Å². The normalized spacial score (nSPS) is 11.5. The molecule has 0 unspecified atom stereocenters. The van der Waals surface area contributed by atoms with Crippen LogP contribution in [0.4, 0.5) is 5.69 Å². The predicted molar refractivity (Wildman–Crippen MR) is 82.4 cm³/mol. The fourth-order valence-corrected chi connectivity index (χ4v) is 2.13. The average molecular weight is 319 g/mol. The minimum atomic E-state index is -3.71. The van der Waals surface area contributed by atoms with Gasteiger partial charge in [0.15, 0.2) is 0 Å². The fourth-order valence-electron chi connectivity index (χ4n) is 1.61. The Kier molecular flexibility index (Phi) is 4.54. The second-order valence-electron chi connectivity index (χ2n) is 4.37. The largest absolute Gasteiger partial charge is 0.478 e. The molecule has 0 radical (unpaired) electrons. The third-order valence-electron chi connectivity index (χ3n) is 2.75. The lowest BCUT2D eigenvalue weighted by Crippen LogP contribution is -2.11. The second-order valence-corrected chi connectivity index (χ2v) is 5.93. The van der Waals surface area contributed by atoms with Crippen molar-refractivity contribution < 1.29 is 18.3 Å². The summed E-state index contributed by atoms with van der Waals surface area (Å²) < 4.78 is 22.2. The summed E-state index contributed by atoms with van der Waals surface area (Å²) in [5, 5.41) is 17.8. The molecule has 0 fully saturated rings. The maximum absolute atomic E-state index is 11.1. The number of hydrazone groups is 1. The number of rotatable bonds is 5. The zero-order chi connectivity index (χ0) is 16.2. The minimum Gasteiger partial charge on any atom is -0.478 e. The van der Waals surface area contributed by atoms with Gasteiger partial charge in [-0.3, -0.25) is 5.43 Å². The SMILES string of the molecule is NS(=O)(=O)c1ccc(N/N=C\c2ccc(C(=O)O)cc2)cc1. The molecule has 7 nitrogen and oxygen atoms in total. The Hall–Kier alpha value is -2.71. The molecule has 0 aliphatic rings. The first kappa shape index (κ1) is 15.7. The molecule has 114 valence electrons. The van der Waals surface area contributed by atoms with Gasteiger partial charge < -0.3 is 5.11 Å². The molecule has 2 aromatic rings. The Bertz CT molecular complexity index is 797. The summed E-state index contributed by atoms with van der Waals surface area (Å²) >= 11 is 0. The summed E-state index contributed by atoms with van der Waals surface area (Å²) in [6, 6.07) is 12.0. The van der Waals surface area contributed by atoms with E-state index in [1.165, 1.54) is 42.6 Å². The molecule has 0 aliphatic heterocycles. The van der Waals surface area contributed by atoms with Gasteiger partial charge in [0.1, 0.15) is 0 Å². The Balaban J connectivity index is 2.01. The number of hydrogen-bond acceptors (Lipinski definition) is 5. The number of primary sulfonamides is 1. The molecule has 2 rings (SSSR count). The molecular formula is C14H13N3O4S. The van der Waals surface area contributed by atoms with E-state index in [1.807, 2.05) is 0 Å². The van der Waals surface area contributed by atoms with Gasteiger partial charge in [0.2, 0.25) is 10.0 Å². The van der Waals surface area contributed by atoms with Gasteiger partial charge in [-0.2, -0.15) is 5.10 Å². The number of sulfonamides is 1. The third-order valence-corrected chi connectivity index (χ3v) is 3.68. The van der Waals surface area contributed by atoms with Crippen LogP contribution in [0.25, 0.3) is 0 Å². The number of carboxylic acid groups (broad SMARTS) is 1. The van der Waals surface area contributed by atoms with Crippen LogP contribution >= 0.6 is 0 Å². The van der Waals surface area contributed by atoms with Crippen molar-refractivity contribution in [2.24, 2.45) is 10.2 Å². The van der Waals surface area contributed by atoms with E-state index in [9.17, 15) is 13.2 Å². The molecule has 0 heterocycles. The summed E-state index contributed by atoms with van der Waals surface area (Å²) in [5.41, 5.74) is 4.23. The zero-order valence-corrected chi connectivity index (χ0v) is 12.1. The number of aromatic carboxylic acids is 1. The molecule has 8 heteroatoms. The average Bonchev–Trinajstić information content (AvgIpc) is 2.47. The Morgan fingerprint density at radius 1 is 1.09 bits per heavy atom. The highest BCUT2D eigenvalue weighted by molar-refractivity contribution is 7.89. The molecule has 0 aliphatic carbocycles. The van der Waals surface area contributed by atoms with E-state index < -0.39 is 16.0 Å². The summed E-state index contributed by atoms with van der Waals surface area (Å²) in [6.07, 6.45) is 1.51. The first-order valence-electron chi connectivity index (χ1n) is 6.11. The van der Waals surface area contributed by atoms with Crippen molar-refractivity contribution in [1.82, 2.24) is 0 Å². The molecule has 0 amide bonds. The van der Waals surface area contributed by atoms with Crippen molar-refractivity contribution in [3.8, 4) is 0 Å². The van der Waals surface area contributed by atoms with Crippen molar-refractivity contribution in [3.63, 3.8) is 0 Å². The number of benzene rings is 2. The van der Waals surface area contributed by atoms with E-state index in [2.05, 4.69) is 10.5 Å². The first-order valence-corrected chi connectivity index (χ1v) is 7.66.